The van der Waals surface area contributed by atoms with Crippen LogP contribution >= 0.6 is 0 Å². The van der Waals surface area contributed by atoms with Crippen molar-refractivity contribution in [1.82, 2.24) is 14.3 Å². The van der Waals surface area contributed by atoms with Crippen molar-refractivity contribution >= 4 is 11.6 Å². The van der Waals surface area contributed by atoms with Crippen molar-refractivity contribution in [3.63, 3.8) is 0 Å². The molecular weight excluding hydrogens is 376 g/mol. The molecule has 0 aromatic heterocycles. The van der Waals surface area contributed by atoms with Gasteiger partial charge in [-0.2, -0.15) is 9.78 Å². The number of carbonyl (C=O) groups excluding carboxylic acids is 1. The van der Waals surface area contributed by atoms with Gasteiger partial charge in [0.2, 0.25) is 0 Å². The Morgan fingerprint density at radius 2 is 1.73 bits per heavy atom. The highest BCUT2D eigenvalue weighted by Gasteiger charge is 2.24. The molecular formula is C24H24N4O2. The van der Waals surface area contributed by atoms with Gasteiger partial charge in [-0.25, -0.2) is 0 Å². The number of anilines is 1. The number of nitrogens with one attached hydrogen (secondary N) is 1. The molecule has 2 aliphatic rings. The zero-order valence-corrected chi connectivity index (χ0v) is 17.3. The lowest BCUT2D eigenvalue weighted by atomic mass is 10.0. The molecule has 6 heteroatoms. The maximum absolute atomic E-state index is 13.1. The van der Waals surface area contributed by atoms with Crippen molar-refractivity contribution in [2.45, 2.75) is 33.2 Å². The van der Waals surface area contributed by atoms with E-state index in [2.05, 4.69) is 24.3 Å². The first-order chi connectivity index (χ1) is 14.5. The van der Waals surface area contributed by atoms with Gasteiger partial charge in [0.05, 0.1) is 16.8 Å². The molecule has 0 saturated carbocycles. The van der Waals surface area contributed by atoms with E-state index in [4.69, 9.17) is 0 Å². The van der Waals surface area contributed by atoms with Crippen molar-refractivity contribution in [1.29, 1.82) is 0 Å². The van der Waals surface area contributed by atoms with Crippen LogP contribution in [-0.2, 0) is 6.54 Å². The molecule has 30 heavy (non-hydrogen) atoms. The second kappa shape index (κ2) is 7.99. The molecule has 0 saturated heterocycles. The first-order valence-corrected chi connectivity index (χ1v) is 10.1. The molecule has 2 aliphatic heterocycles. The van der Waals surface area contributed by atoms with Gasteiger partial charge in [0.1, 0.15) is 5.69 Å². The van der Waals surface area contributed by atoms with Gasteiger partial charge < -0.3 is 9.88 Å². The van der Waals surface area contributed by atoms with Gasteiger partial charge in [-0.15, -0.1) is 0 Å². The van der Waals surface area contributed by atoms with E-state index in [-0.39, 0.29) is 11.5 Å². The highest BCUT2D eigenvalue weighted by atomic mass is 16.2. The number of aromatic nitrogens is 3. The first-order valence-electron chi connectivity index (χ1n) is 10.1. The summed E-state index contributed by atoms with van der Waals surface area (Å²) in [6.45, 7) is 6.85. The SMILES string of the molecule is CCn1cc(C(=O)Nc2ccc(C(C)C)cc2)c2nn(-c3ccccc3)c(=O)c-2c1. The number of carbonyl (C=O) groups is 1. The summed E-state index contributed by atoms with van der Waals surface area (Å²) in [6.07, 6.45) is 3.49. The van der Waals surface area contributed by atoms with Crippen LogP contribution in [0, 0.1) is 0 Å². The summed E-state index contributed by atoms with van der Waals surface area (Å²) >= 11 is 0. The lowest BCUT2D eigenvalue weighted by Gasteiger charge is -2.12. The molecule has 1 amide bonds. The summed E-state index contributed by atoms with van der Waals surface area (Å²) in [5, 5.41) is 7.42. The summed E-state index contributed by atoms with van der Waals surface area (Å²) in [5.41, 5.74) is 3.51. The fourth-order valence-corrected chi connectivity index (χ4v) is 3.40. The summed E-state index contributed by atoms with van der Waals surface area (Å²) < 4.78 is 3.18. The normalized spacial score (nSPS) is 11.2. The minimum absolute atomic E-state index is 0.241. The molecule has 6 nitrogen and oxygen atoms in total. The monoisotopic (exact) mass is 400 g/mol. The standard InChI is InChI=1S/C24H24N4O2/c1-4-27-14-20(23(29)25-18-12-10-17(11-13-18)16(2)3)22-21(15-27)24(30)28(26-22)19-8-6-5-7-9-19/h5-16H,4H2,1-3H3,(H,25,29). The molecule has 2 heterocycles. The largest absolute Gasteiger partial charge is 0.353 e. The number of aryl methyl sites for hydroxylation is 1. The first kappa shape index (κ1) is 19.6. The second-order valence-electron chi connectivity index (χ2n) is 7.55. The Morgan fingerprint density at radius 3 is 2.37 bits per heavy atom. The number of para-hydroxylation sites is 1. The third-order valence-electron chi connectivity index (χ3n) is 5.17. The minimum atomic E-state index is -0.294. The number of rotatable bonds is 5. The smallest absolute Gasteiger partial charge is 0.282 e. The van der Waals surface area contributed by atoms with Crippen molar-refractivity contribution in [3.05, 3.63) is 88.5 Å². The lowest BCUT2D eigenvalue weighted by Crippen LogP contribution is -2.17. The summed E-state index contributed by atoms with van der Waals surface area (Å²) in [7, 11) is 0. The van der Waals surface area contributed by atoms with Gasteiger partial charge in [0, 0.05) is 24.6 Å². The van der Waals surface area contributed by atoms with E-state index in [0.29, 0.717) is 40.7 Å². The van der Waals surface area contributed by atoms with Gasteiger partial charge in [-0.05, 0) is 42.7 Å². The van der Waals surface area contributed by atoms with Crippen molar-refractivity contribution < 1.29 is 4.79 Å². The van der Waals surface area contributed by atoms with Crippen LogP contribution in [-0.4, -0.2) is 20.3 Å². The fraction of sp³-hybridized carbons (Fsp3) is 0.208. The Hall–Kier alpha value is -3.67. The van der Waals surface area contributed by atoms with E-state index in [1.165, 1.54) is 10.2 Å². The Balaban J connectivity index is 1.75. The van der Waals surface area contributed by atoms with Crippen LogP contribution in [0.25, 0.3) is 16.9 Å². The van der Waals surface area contributed by atoms with E-state index in [9.17, 15) is 9.59 Å². The predicted molar refractivity (Wildman–Crippen MR) is 119 cm³/mol. The van der Waals surface area contributed by atoms with Gasteiger partial charge in [0.15, 0.2) is 0 Å². The number of fused-ring (bicyclic) bond motifs is 1. The Kier molecular flexibility index (Phi) is 5.23. The van der Waals surface area contributed by atoms with E-state index in [1.54, 1.807) is 12.4 Å². The molecule has 0 fully saturated rings. The zero-order valence-electron chi connectivity index (χ0n) is 17.3. The van der Waals surface area contributed by atoms with E-state index in [1.807, 2.05) is 66.1 Å². The van der Waals surface area contributed by atoms with Crippen molar-refractivity contribution in [2.75, 3.05) is 5.32 Å². The molecule has 2 aromatic rings. The molecule has 4 rings (SSSR count). The summed E-state index contributed by atoms with van der Waals surface area (Å²) in [5.74, 6) is 0.127. The maximum atomic E-state index is 13.1. The third-order valence-corrected chi connectivity index (χ3v) is 5.17. The van der Waals surface area contributed by atoms with E-state index in [0.717, 1.165) is 0 Å². The third kappa shape index (κ3) is 3.64. The van der Waals surface area contributed by atoms with Crippen LogP contribution < -0.4 is 10.9 Å². The molecule has 0 unspecified atom stereocenters. The summed E-state index contributed by atoms with van der Waals surface area (Å²) in [4.78, 5) is 26.1. The zero-order chi connectivity index (χ0) is 21.3. The summed E-state index contributed by atoms with van der Waals surface area (Å²) in [6, 6.07) is 17.0. The minimum Gasteiger partial charge on any atom is -0.353 e. The second-order valence-corrected chi connectivity index (χ2v) is 7.55. The number of hydrogen-bond donors (Lipinski definition) is 1. The van der Waals surface area contributed by atoms with Gasteiger partial charge in [0.25, 0.3) is 11.5 Å². The van der Waals surface area contributed by atoms with Crippen molar-refractivity contribution in [2.24, 2.45) is 0 Å². The molecule has 152 valence electrons. The topological polar surface area (TPSA) is 68.9 Å². The van der Waals surface area contributed by atoms with Crippen LogP contribution in [0.2, 0.25) is 0 Å². The molecule has 0 aliphatic carbocycles. The lowest BCUT2D eigenvalue weighted by molar-refractivity contribution is 0.102. The van der Waals surface area contributed by atoms with Crippen LogP contribution in [0.4, 0.5) is 5.69 Å². The molecule has 0 spiro atoms. The van der Waals surface area contributed by atoms with Crippen LogP contribution in [0.1, 0.15) is 42.6 Å². The Morgan fingerprint density at radius 1 is 1.03 bits per heavy atom. The van der Waals surface area contributed by atoms with Gasteiger partial charge >= 0.3 is 0 Å². The van der Waals surface area contributed by atoms with E-state index < -0.39 is 0 Å². The molecule has 2 aromatic carbocycles. The fourth-order valence-electron chi connectivity index (χ4n) is 3.40. The molecule has 0 atom stereocenters. The Labute approximate surface area is 175 Å². The van der Waals surface area contributed by atoms with Gasteiger partial charge in [-0.3, -0.25) is 9.59 Å². The predicted octanol–water partition coefficient (Wildman–Crippen LogP) is 4.53. The highest BCUT2D eigenvalue weighted by molar-refractivity contribution is 6.08. The van der Waals surface area contributed by atoms with Crippen molar-refractivity contribution in [3.8, 4) is 16.9 Å². The molecule has 0 bridgehead atoms. The molecule has 0 radical (unpaired) electrons. The number of benzene rings is 2. The number of pyridine rings is 1. The number of amides is 1. The van der Waals surface area contributed by atoms with Crippen LogP contribution in [0.15, 0.2) is 71.8 Å². The van der Waals surface area contributed by atoms with Crippen LogP contribution in [0.5, 0.6) is 0 Å². The number of hydrogen-bond acceptors (Lipinski definition) is 3. The average Bonchev–Trinajstić information content (AvgIpc) is 3.10. The van der Waals surface area contributed by atoms with E-state index >= 15 is 0 Å². The average molecular weight is 400 g/mol. The maximum Gasteiger partial charge on any atom is 0.282 e. The Bertz CT molecular complexity index is 1200. The number of nitrogens with zero attached hydrogens (tertiary/aromatic N) is 3. The van der Waals surface area contributed by atoms with Gasteiger partial charge in [-0.1, -0.05) is 44.2 Å². The van der Waals surface area contributed by atoms with Crippen LogP contribution in [0.3, 0.4) is 0 Å². The highest BCUT2D eigenvalue weighted by Crippen LogP contribution is 2.24. The molecule has 1 N–H and O–H groups in total. The quantitative estimate of drug-likeness (QED) is 0.535.